The molecule has 2 aromatic carbocycles. The molecule has 0 unspecified atom stereocenters. The highest BCUT2D eigenvalue weighted by atomic mass is 16.5. The SMILES string of the molecule is CN(Cc1nnc2n1CCCCC2)C(=O)c1ccc(Oc2ccccc2)cc1. The zero-order valence-electron chi connectivity index (χ0n) is 16.0. The smallest absolute Gasteiger partial charge is 0.254 e. The van der Waals surface area contributed by atoms with Gasteiger partial charge < -0.3 is 14.2 Å². The van der Waals surface area contributed by atoms with Gasteiger partial charge >= 0.3 is 0 Å². The molecule has 4 rings (SSSR count). The number of aryl methyl sites for hydroxylation is 1. The van der Waals surface area contributed by atoms with E-state index in [0.29, 0.717) is 17.9 Å². The summed E-state index contributed by atoms with van der Waals surface area (Å²) in [5.74, 6) is 3.32. The molecule has 0 saturated carbocycles. The number of carbonyl (C=O) groups excluding carboxylic acids is 1. The van der Waals surface area contributed by atoms with Gasteiger partial charge in [0.05, 0.1) is 6.54 Å². The summed E-state index contributed by atoms with van der Waals surface area (Å²) in [4.78, 5) is 14.5. The maximum absolute atomic E-state index is 12.8. The topological polar surface area (TPSA) is 60.2 Å². The zero-order chi connectivity index (χ0) is 19.3. The van der Waals surface area contributed by atoms with Crippen LogP contribution in [0.15, 0.2) is 54.6 Å². The summed E-state index contributed by atoms with van der Waals surface area (Å²) in [5.41, 5.74) is 0.624. The lowest BCUT2D eigenvalue weighted by Crippen LogP contribution is -2.28. The summed E-state index contributed by atoms with van der Waals surface area (Å²) in [6, 6.07) is 16.8. The molecule has 0 N–H and O–H groups in total. The molecule has 0 spiro atoms. The van der Waals surface area contributed by atoms with Gasteiger partial charge in [0.25, 0.3) is 5.91 Å². The van der Waals surface area contributed by atoms with Crippen LogP contribution >= 0.6 is 0 Å². The van der Waals surface area contributed by atoms with Crippen LogP contribution in [-0.4, -0.2) is 32.6 Å². The van der Waals surface area contributed by atoms with Crippen molar-refractivity contribution >= 4 is 5.91 Å². The average molecular weight is 376 g/mol. The molecular weight excluding hydrogens is 352 g/mol. The Kier molecular flexibility index (Phi) is 5.37. The van der Waals surface area contributed by atoms with Crippen LogP contribution in [0.1, 0.15) is 41.3 Å². The number of amides is 1. The highest BCUT2D eigenvalue weighted by molar-refractivity contribution is 5.94. The summed E-state index contributed by atoms with van der Waals surface area (Å²) in [6.07, 6.45) is 4.48. The van der Waals surface area contributed by atoms with E-state index in [0.717, 1.165) is 43.2 Å². The zero-order valence-corrected chi connectivity index (χ0v) is 16.0. The predicted octanol–water partition coefficient (Wildman–Crippen LogP) is 4.07. The Balaban J connectivity index is 1.42. The number of fused-ring (bicyclic) bond motifs is 1. The molecule has 6 nitrogen and oxygen atoms in total. The molecule has 3 aromatic rings. The van der Waals surface area contributed by atoms with E-state index in [1.54, 1.807) is 24.1 Å². The molecule has 1 aliphatic heterocycles. The van der Waals surface area contributed by atoms with Crippen molar-refractivity contribution in [3.63, 3.8) is 0 Å². The van der Waals surface area contributed by atoms with E-state index >= 15 is 0 Å². The number of ether oxygens (including phenoxy) is 1. The minimum atomic E-state index is -0.0442. The molecule has 6 heteroatoms. The number of aromatic nitrogens is 3. The van der Waals surface area contributed by atoms with Gasteiger partial charge in [0.1, 0.15) is 17.3 Å². The summed E-state index contributed by atoms with van der Waals surface area (Å²) < 4.78 is 7.96. The van der Waals surface area contributed by atoms with Gasteiger partial charge in [0, 0.05) is 25.6 Å². The third kappa shape index (κ3) is 4.06. The van der Waals surface area contributed by atoms with Gasteiger partial charge in [-0.3, -0.25) is 4.79 Å². The molecule has 0 bridgehead atoms. The van der Waals surface area contributed by atoms with Crippen molar-refractivity contribution in [1.82, 2.24) is 19.7 Å². The summed E-state index contributed by atoms with van der Waals surface area (Å²) in [5, 5.41) is 8.63. The normalized spacial score (nSPS) is 13.5. The number of carbonyl (C=O) groups is 1. The van der Waals surface area contributed by atoms with Crippen LogP contribution in [0.3, 0.4) is 0 Å². The van der Waals surface area contributed by atoms with E-state index in [1.807, 2.05) is 42.5 Å². The highest BCUT2D eigenvalue weighted by Crippen LogP contribution is 2.22. The number of hydrogen-bond acceptors (Lipinski definition) is 4. The first-order valence-electron chi connectivity index (χ1n) is 9.70. The monoisotopic (exact) mass is 376 g/mol. The Bertz CT molecular complexity index is 935. The van der Waals surface area contributed by atoms with Crippen LogP contribution in [0.25, 0.3) is 0 Å². The van der Waals surface area contributed by atoms with Gasteiger partial charge in [-0.2, -0.15) is 0 Å². The highest BCUT2D eigenvalue weighted by Gasteiger charge is 2.19. The van der Waals surface area contributed by atoms with Gasteiger partial charge in [-0.25, -0.2) is 0 Å². The molecule has 28 heavy (non-hydrogen) atoms. The van der Waals surface area contributed by atoms with Crippen LogP contribution in [0.2, 0.25) is 0 Å². The van der Waals surface area contributed by atoms with Gasteiger partial charge in [0.15, 0.2) is 5.82 Å². The quantitative estimate of drug-likeness (QED) is 0.673. The fourth-order valence-electron chi connectivity index (χ4n) is 3.46. The van der Waals surface area contributed by atoms with Gasteiger partial charge in [-0.05, 0) is 49.2 Å². The standard InChI is InChI=1S/C22H24N4O2/c1-25(16-21-24-23-20-10-6-3-7-15-26(20)21)22(27)17-11-13-19(14-12-17)28-18-8-4-2-5-9-18/h2,4-5,8-9,11-14H,3,6-7,10,15-16H2,1H3. The number of rotatable bonds is 5. The van der Waals surface area contributed by atoms with Gasteiger partial charge in [0.2, 0.25) is 0 Å². The molecular formula is C22H24N4O2. The maximum Gasteiger partial charge on any atom is 0.254 e. The molecule has 0 fully saturated rings. The molecule has 2 heterocycles. The average Bonchev–Trinajstić information content (AvgIpc) is 2.95. The van der Waals surface area contributed by atoms with Crippen molar-refractivity contribution < 1.29 is 9.53 Å². The Hall–Kier alpha value is -3.15. The lowest BCUT2D eigenvalue weighted by molar-refractivity contribution is 0.0780. The predicted molar refractivity (Wildman–Crippen MR) is 106 cm³/mol. The van der Waals surface area contributed by atoms with Crippen molar-refractivity contribution in [3.05, 3.63) is 71.8 Å². The van der Waals surface area contributed by atoms with Crippen molar-refractivity contribution in [3.8, 4) is 11.5 Å². The molecule has 1 aromatic heterocycles. The van der Waals surface area contributed by atoms with Crippen LogP contribution in [0.5, 0.6) is 11.5 Å². The molecule has 0 saturated heterocycles. The number of nitrogens with zero attached hydrogens (tertiary/aromatic N) is 4. The first kappa shape index (κ1) is 18.2. The van der Waals surface area contributed by atoms with E-state index in [1.165, 1.54) is 6.42 Å². The lowest BCUT2D eigenvalue weighted by Gasteiger charge is -2.18. The fraction of sp³-hybridized carbons (Fsp3) is 0.318. The van der Waals surface area contributed by atoms with Crippen molar-refractivity contribution in [2.75, 3.05) is 7.05 Å². The third-order valence-electron chi connectivity index (χ3n) is 4.99. The van der Waals surface area contributed by atoms with Crippen molar-refractivity contribution in [2.45, 2.75) is 38.8 Å². The van der Waals surface area contributed by atoms with E-state index in [2.05, 4.69) is 14.8 Å². The largest absolute Gasteiger partial charge is 0.457 e. The third-order valence-corrected chi connectivity index (χ3v) is 4.99. The molecule has 0 atom stereocenters. The Labute approximate surface area is 164 Å². The Morgan fingerprint density at radius 3 is 2.54 bits per heavy atom. The number of benzene rings is 2. The van der Waals surface area contributed by atoms with E-state index < -0.39 is 0 Å². The number of para-hydroxylation sites is 1. The van der Waals surface area contributed by atoms with Crippen molar-refractivity contribution in [2.24, 2.45) is 0 Å². The van der Waals surface area contributed by atoms with Crippen LogP contribution < -0.4 is 4.74 Å². The summed E-state index contributed by atoms with van der Waals surface area (Å²) in [7, 11) is 1.80. The van der Waals surface area contributed by atoms with Crippen LogP contribution in [0.4, 0.5) is 0 Å². The maximum atomic E-state index is 12.8. The minimum Gasteiger partial charge on any atom is -0.457 e. The van der Waals surface area contributed by atoms with E-state index in [9.17, 15) is 4.79 Å². The van der Waals surface area contributed by atoms with E-state index in [4.69, 9.17) is 4.74 Å². The molecule has 1 amide bonds. The van der Waals surface area contributed by atoms with Gasteiger partial charge in [-0.15, -0.1) is 10.2 Å². The summed E-state index contributed by atoms with van der Waals surface area (Å²) >= 11 is 0. The van der Waals surface area contributed by atoms with Gasteiger partial charge in [-0.1, -0.05) is 24.6 Å². The molecule has 144 valence electrons. The Morgan fingerprint density at radius 2 is 1.75 bits per heavy atom. The van der Waals surface area contributed by atoms with Crippen molar-refractivity contribution in [1.29, 1.82) is 0 Å². The molecule has 0 radical (unpaired) electrons. The first-order chi connectivity index (χ1) is 13.7. The Morgan fingerprint density at radius 1 is 1.00 bits per heavy atom. The number of hydrogen-bond donors (Lipinski definition) is 0. The first-order valence-corrected chi connectivity index (χ1v) is 9.70. The second-order valence-electron chi connectivity index (χ2n) is 7.10. The lowest BCUT2D eigenvalue weighted by atomic mass is 10.2. The molecule has 1 aliphatic rings. The van der Waals surface area contributed by atoms with Crippen LogP contribution in [0, 0.1) is 0 Å². The summed E-state index contributed by atoms with van der Waals surface area (Å²) in [6.45, 7) is 1.39. The fourth-order valence-corrected chi connectivity index (χ4v) is 3.46. The van der Waals surface area contributed by atoms with E-state index in [-0.39, 0.29) is 5.91 Å². The second kappa shape index (κ2) is 8.25. The second-order valence-corrected chi connectivity index (χ2v) is 7.10. The molecule has 0 aliphatic carbocycles. The van der Waals surface area contributed by atoms with Crippen LogP contribution in [-0.2, 0) is 19.5 Å². The minimum absolute atomic E-state index is 0.0442.